The van der Waals surface area contributed by atoms with Gasteiger partial charge in [-0.2, -0.15) is 4.98 Å². The molecular formula is C14H13F2N3O2. The highest BCUT2D eigenvalue weighted by Crippen LogP contribution is 2.24. The molecule has 0 aliphatic heterocycles. The molecule has 1 heterocycles. The van der Waals surface area contributed by atoms with Gasteiger partial charge in [-0.15, -0.1) is 0 Å². The van der Waals surface area contributed by atoms with Crippen LogP contribution < -0.4 is 15.8 Å². The first-order chi connectivity index (χ1) is 9.95. The molecule has 0 radical (unpaired) electrons. The van der Waals surface area contributed by atoms with E-state index in [1.807, 2.05) is 0 Å². The topological polar surface area (TPSA) is 77.2 Å². The third-order valence-electron chi connectivity index (χ3n) is 2.56. The van der Waals surface area contributed by atoms with Crippen LogP contribution >= 0.6 is 0 Å². The van der Waals surface area contributed by atoms with Gasteiger partial charge in [0.15, 0.2) is 11.6 Å². The lowest BCUT2D eigenvalue weighted by Gasteiger charge is -2.10. The number of nitrogens with two attached hydrogens (primary N) is 1. The highest BCUT2D eigenvalue weighted by Gasteiger charge is 2.12. The van der Waals surface area contributed by atoms with Gasteiger partial charge in [0.05, 0.1) is 5.69 Å². The fourth-order valence-corrected chi connectivity index (χ4v) is 1.59. The molecule has 21 heavy (non-hydrogen) atoms. The van der Waals surface area contributed by atoms with Gasteiger partial charge >= 0.3 is 0 Å². The third-order valence-corrected chi connectivity index (χ3v) is 2.56. The molecule has 110 valence electrons. The van der Waals surface area contributed by atoms with Crippen molar-refractivity contribution in [2.45, 2.75) is 13.5 Å². The van der Waals surface area contributed by atoms with Gasteiger partial charge in [0.1, 0.15) is 12.4 Å². The number of carbonyl (C=O) groups is 1. The number of hydrogen-bond acceptors (Lipinski definition) is 4. The second-order valence-corrected chi connectivity index (χ2v) is 4.31. The highest BCUT2D eigenvalue weighted by atomic mass is 19.1. The number of pyridine rings is 1. The summed E-state index contributed by atoms with van der Waals surface area (Å²) >= 11 is 0. The van der Waals surface area contributed by atoms with Crippen LogP contribution in [0.5, 0.6) is 5.88 Å². The number of nitrogen functional groups attached to an aromatic ring is 1. The summed E-state index contributed by atoms with van der Waals surface area (Å²) in [6, 6.07) is 6.58. The lowest BCUT2D eigenvalue weighted by molar-refractivity contribution is -0.114. The SMILES string of the molecule is CC(=O)Nc1nc(OCc2ccc(F)cc2)c(F)cc1N. The number of nitrogens with zero attached hydrogens (tertiary/aromatic N) is 1. The van der Waals surface area contributed by atoms with Crippen LogP contribution in [0.25, 0.3) is 0 Å². The van der Waals surface area contributed by atoms with Gasteiger partial charge in [0.25, 0.3) is 5.88 Å². The van der Waals surface area contributed by atoms with Crippen molar-refractivity contribution >= 4 is 17.4 Å². The molecule has 1 amide bonds. The van der Waals surface area contributed by atoms with E-state index in [1.54, 1.807) is 0 Å². The maximum Gasteiger partial charge on any atom is 0.252 e. The molecule has 0 bridgehead atoms. The summed E-state index contributed by atoms with van der Waals surface area (Å²) in [6.45, 7) is 1.29. The minimum Gasteiger partial charge on any atom is -0.471 e. The minimum atomic E-state index is -0.747. The van der Waals surface area contributed by atoms with Crippen molar-refractivity contribution in [3.8, 4) is 5.88 Å². The number of ether oxygens (including phenoxy) is 1. The van der Waals surface area contributed by atoms with Crippen molar-refractivity contribution in [2.24, 2.45) is 0 Å². The molecule has 3 N–H and O–H groups in total. The maximum atomic E-state index is 13.7. The summed E-state index contributed by atoms with van der Waals surface area (Å²) in [4.78, 5) is 14.8. The van der Waals surface area contributed by atoms with Gasteiger partial charge in [0, 0.05) is 13.0 Å². The first kappa shape index (κ1) is 14.7. The number of nitrogens with one attached hydrogen (secondary N) is 1. The van der Waals surface area contributed by atoms with Crippen molar-refractivity contribution < 1.29 is 18.3 Å². The van der Waals surface area contributed by atoms with Crippen molar-refractivity contribution in [1.82, 2.24) is 4.98 Å². The van der Waals surface area contributed by atoms with Crippen LogP contribution in [0, 0.1) is 11.6 Å². The number of rotatable bonds is 4. The molecule has 0 saturated heterocycles. The maximum absolute atomic E-state index is 13.7. The van der Waals surface area contributed by atoms with Gasteiger partial charge in [-0.3, -0.25) is 4.79 Å². The fraction of sp³-hybridized carbons (Fsp3) is 0.143. The Hall–Kier alpha value is -2.70. The Morgan fingerprint density at radius 1 is 1.33 bits per heavy atom. The molecule has 2 rings (SSSR count). The summed E-state index contributed by atoms with van der Waals surface area (Å²) in [5.41, 5.74) is 6.19. The van der Waals surface area contributed by atoms with Gasteiger partial charge in [-0.1, -0.05) is 12.1 Å². The van der Waals surface area contributed by atoms with E-state index in [4.69, 9.17) is 10.5 Å². The molecule has 1 aromatic carbocycles. The number of halogens is 2. The molecule has 0 unspecified atom stereocenters. The molecular weight excluding hydrogens is 280 g/mol. The Labute approximate surface area is 119 Å². The lowest BCUT2D eigenvalue weighted by Crippen LogP contribution is -2.11. The number of benzene rings is 1. The van der Waals surface area contributed by atoms with Gasteiger partial charge in [0.2, 0.25) is 5.91 Å². The number of hydrogen-bond donors (Lipinski definition) is 2. The van der Waals surface area contributed by atoms with E-state index in [0.29, 0.717) is 5.56 Å². The Kier molecular flexibility index (Phi) is 4.32. The van der Waals surface area contributed by atoms with E-state index < -0.39 is 5.82 Å². The van der Waals surface area contributed by atoms with E-state index in [0.717, 1.165) is 6.07 Å². The Bertz CT molecular complexity index is 660. The molecule has 0 aliphatic rings. The second-order valence-electron chi connectivity index (χ2n) is 4.31. The Morgan fingerprint density at radius 3 is 2.62 bits per heavy atom. The molecule has 0 spiro atoms. The zero-order chi connectivity index (χ0) is 15.4. The highest BCUT2D eigenvalue weighted by molar-refractivity contribution is 5.90. The van der Waals surface area contributed by atoms with Crippen molar-refractivity contribution in [3.63, 3.8) is 0 Å². The summed E-state index contributed by atoms with van der Waals surface area (Å²) in [5.74, 6) is -1.77. The van der Waals surface area contributed by atoms with Gasteiger partial charge < -0.3 is 15.8 Å². The fourth-order valence-electron chi connectivity index (χ4n) is 1.59. The molecule has 0 aliphatic carbocycles. The van der Waals surface area contributed by atoms with Crippen molar-refractivity contribution in [1.29, 1.82) is 0 Å². The van der Waals surface area contributed by atoms with Crippen LogP contribution in [0.4, 0.5) is 20.3 Å². The zero-order valence-corrected chi connectivity index (χ0v) is 11.2. The molecule has 0 fully saturated rings. The first-order valence-corrected chi connectivity index (χ1v) is 6.06. The number of carbonyl (C=O) groups excluding carboxylic acids is 1. The largest absolute Gasteiger partial charge is 0.471 e. The average Bonchev–Trinajstić information content (AvgIpc) is 2.42. The summed E-state index contributed by atoms with van der Waals surface area (Å²) < 4.78 is 31.7. The van der Waals surface area contributed by atoms with Crippen LogP contribution in [-0.2, 0) is 11.4 Å². The number of amides is 1. The van der Waals surface area contributed by atoms with Crippen molar-refractivity contribution in [2.75, 3.05) is 11.1 Å². The third kappa shape index (κ3) is 3.88. The predicted octanol–water partition coefficient (Wildman–Crippen LogP) is 2.48. The Morgan fingerprint density at radius 2 is 2.00 bits per heavy atom. The standard InChI is InChI=1S/C14H13F2N3O2/c1-8(20)18-13-12(17)6-11(16)14(19-13)21-7-9-2-4-10(15)5-3-9/h2-6H,7,17H2,1H3,(H,18,19,20). The monoisotopic (exact) mass is 293 g/mol. The first-order valence-electron chi connectivity index (χ1n) is 6.06. The average molecular weight is 293 g/mol. The predicted molar refractivity (Wildman–Crippen MR) is 73.6 cm³/mol. The minimum absolute atomic E-state index is 0.00293. The number of aromatic nitrogens is 1. The molecule has 5 nitrogen and oxygen atoms in total. The van der Waals surface area contributed by atoms with Crippen LogP contribution in [-0.4, -0.2) is 10.9 Å². The van der Waals surface area contributed by atoms with Gasteiger partial charge in [-0.05, 0) is 17.7 Å². The molecule has 1 aromatic heterocycles. The summed E-state index contributed by atoms with van der Waals surface area (Å²) in [5, 5.41) is 2.38. The van der Waals surface area contributed by atoms with Crippen LogP contribution in [0.2, 0.25) is 0 Å². The summed E-state index contributed by atoms with van der Waals surface area (Å²) in [7, 11) is 0. The van der Waals surface area contributed by atoms with Gasteiger partial charge in [-0.25, -0.2) is 8.78 Å². The molecule has 0 atom stereocenters. The second kappa shape index (κ2) is 6.17. The van der Waals surface area contributed by atoms with E-state index in [1.165, 1.54) is 31.2 Å². The zero-order valence-electron chi connectivity index (χ0n) is 11.2. The quantitative estimate of drug-likeness (QED) is 0.908. The van der Waals surface area contributed by atoms with Crippen LogP contribution in [0.3, 0.4) is 0 Å². The lowest BCUT2D eigenvalue weighted by atomic mass is 10.2. The van der Waals surface area contributed by atoms with E-state index >= 15 is 0 Å². The normalized spacial score (nSPS) is 10.2. The molecule has 2 aromatic rings. The summed E-state index contributed by atoms with van der Waals surface area (Å²) in [6.07, 6.45) is 0. The van der Waals surface area contributed by atoms with E-state index in [9.17, 15) is 13.6 Å². The van der Waals surface area contributed by atoms with Crippen molar-refractivity contribution in [3.05, 3.63) is 47.5 Å². The van der Waals surface area contributed by atoms with E-state index in [2.05, 4.69) is 10.3 Å². The van der Waals surface area contributed by atoms with Crippen LogP contribution in [0.1, 0.15) is 12.5 Å². The Balaban J connectivity index is 2.15. The molecule has 0 saturated carbocycles. The van der Waals surface area contributed by atoms with Crippen LogP contribution in [0.15, 0.2) is 30.3 Å². The van der Waals surface area contributed by atoms with E-state index in [-0.39, 0.29) is 35.7 Å². The number of anilines is 2. The smallest absolute Gasteiger partial charge is 0.252 e. The molecule has 7 heteroatoms.